The van der Waals surface area contributed by atoms with Gasteiger partial charge in [0.15, 0.2) is 24.0 Å². The average molecular weight is 395 g/mol. The van der Waals surface area contributed by atoms with Crippen molar-refractivity contribution >= 4 is 21.8 Å². The van der Waals surface area contributed by atoms with Crippen LogP contribution in [0.5, 0.6) is 5.75 Å². The van der Waals surface area contributed by atoms with E-state index >= 15 is 0 Å². The van der Waals surface area contributed by atoms with Crippen LogP contribution in [0.1, 0.15) is 15.9 Å². The summed E-state index contributed by atoms with van der Waals surface area (Å²) in [4.78, 5) is 23.6. The molecule has 0 atom stereocenters. The van der Waals surface area contributed by atoms with Gasteiger partial charge < -0.3 is 9.47 Å². The maximum atomic E-state index is 13.6. The Morgan fingerprint density at radius 1 is 1.11 bits per heavy atom. The molecule has 0 saturated carbocycles. The third-order valence-corrected chi connectivity index (χ3v) is 4.99. The molecule has 0 aliphatic rings. The number of carbonyl (C=O) groups excluding carboxylic acids is 2. The number of ether oxygens (including phenoxy) is 2. The maximum Gasteiger partial charge on any atom is 0.321 e. The Kier molecular flexibility index (Phi) is 6.65. The summed E-state index contributed by atoms with van der Waals surface area (Å²) in [5.41, 5.74) is 0.892. The molecule has 144 valence electrons. The molecule has 0 aliphatic heterocycles. The lowest BCUT2D eigenvalue weighted by atomic mass is 10.1. The number of carbonyl (C=O) groups is 2. The number of benzene rings is 2. The fraction of sp³-hybridized carbons (Fsp3) is 0.222. The van der Waals surface area contributed by atoms with E-state index in [1.54, 1.807) is 12.1 Å². The van der Waals surface area contributed by atoms with E-state index in [2.05, 4.69) is 4.72 Å². The van der Waals surface area contributed by atoms with Crippen molar-refractivity contribution in [2.75, 3.05) is 20.3 Å². The second kappa shape index (κ2) is 8.74. The average Bonchev–Trinajstić information content (AvgIpc) is 2.64. The van der Waals surface area contributed by atoms with E-state index < -0.39 is 40.7 Å². The monoisotopic (exact) mass is 395 g/mol. The minimum absolute atomic E-state index is 0.00124. The molecule has 0 fully saturated rings. The van der Waals surface area contributed by atoms with Crippen LogP contribution in [0.25, 0.3) is 0 Å². The lowest BCUT2D eigenvalue weighted by Crippen LogP contribution is -2.31. The van der Waals surface area contributed by atoms with Gasteiger partial charge >= 0.3 is 5.97 Å². The second-order valence-electron chi connectivity index (χ2n) is 5.57. The number of aryl methyl sites for hydroxylation is 1. The summed E-state index contributed by atoms with van der Waals surface area (Å²) in [7, 11) is -2.58. The van der Waals surface area contributed by atoms with Crippen molar-refractivity contribution < 1.29 is 31.9 Å². The Hall–Kier alpha value is -2.78. The molecule has 9 heteroatoms. The van der Waals surface area contributed by atoms with Crippen LogP contribution >= 0.6 is 0 Å². The Bertz CT molecular complexity index is 941. The molecule has 0 aliphatic carbocycles. The van der Waals surface area contributed by atoms with Gasteiger partial charge in [0.05, 0.1) is 12.0 Å². The van der Waals surface area contributed by atoms with Crippen molar-refractivity contribution in [3.05, 3.63) is 59.4 Å². The van der Waals surface area contributed by atoms with Gasteiger partial charge in [-0.25, -0.2) is 12.8 Å². The van der Waals surface area contributed by atoms with Crippen LogP contribution in [0.3, 0.4) is 0 Å². The predicted molar refractivity (Wildman–Crippen MR) is 94.6 cm³/mol. The second-order valence-corrected chi connectivity index (χ2v) is 7.34. The van der Waals surface area contributed by atoms with Crippen LogP contribution in [-0.2, 0) is 19.6 Å². The van der Waals surface area contributed by atoms with Gasteiger partial charge in [-0.2, -0.15) is 4.72 Å². The first-order valence-corrected chi connectivity index (χ1v) is 9.30. The highest BCUT2D eigenvalue weighted by Gasteiger charge is 2.17. The van der Waals surface area contributed by atoms with E-state index in [9.17, 15) is 22.4 Å². The van der Waals surface area contributed by atoms with E-state index in [0.29, 0.717) is 0 Å². The first-order chi connectivity index (χ1) is 12.7. The van der Waals surface area contributed by atoms with Gasteiger partial charge in [-0.05, 0) is 37.3 Å². The quantitative estimate of drug-likeness (QED) is 0.541. The fourth-order valence-electron chi connectivity index (χ4n) is 2.07. The molecule has 2 aromatic carbocycles. The molecule has 2 rings (SSSR count). The SMILES string of the molecule is COc1ccc(C(=O)COC(=O)CNS(=O)(=O)c2ccc(C)cc2)cc1F. The van der Waals surface area contributed by atoms with Crippen molar-refractivity contribution in [2.24, 2.45) is 0 Å². The van der Waals surface area contributed by atoms with Gasteiger partial charge in [-0.15, -0.1) is 0 Å². The van der Waals surface area contributed by atoms with Crippen LogP contribution in [0, 0.1) is 12.7 Å². The van der Waals surface area contributed by atoms with Crippen LogP contribution in [0.2, 0.25) is 0 Å². The highest BCUT2D eigenvalue weighted by Crippen LogP contribution is 2.18. The molecular formula is C18H18FNO6S. The number of Topliss-reactive ketones (excluding diaryl/α,β-unsaturated/α-hetero) is 1. The molecule has 0 aromatic heterocycles. The Morgan fingerprint density at radius 2 is 1.78 bits per heavy atom. The van der Waals surface area contributed by atoms with Crippen molar-refractivity contribution in [3.8, 4) is 5.75 Å². The molecule has 7 nitrogen and oxygen atoms in total. The number of methoxy groups -OCH3 is 1. The summed E-state index contributed by atoms with van der Waals surface area (Å²) in [6, 6.07) is 9.64. The molecular weight excluding hydrogens is 377 g/mol. The molecule has 27 heavy (non-hydrogen) atoms. The first kappa shape index (κ1) is 20.5. The summed E-state index contributed by atoms with van der Waals surface area (Å²) in [5, 5.41) is 0. The minimum atomic E-state index is -3.88. The molecule has 0 radical (unpaired) electrons. The molecule has 1 N–H and O–H groups in total. The Labute approximate surface area is 156 Å². The molecule has 0 saturated heterocycles. The summed E-state index contributed by atoms with van der Waals surface area (Å²) in [5.74, 6) is -2.31. The smallest absolute Gasteiger partial charge is 0.321 e. The van der Waals surface area contributed by atoms with Crippen LogP contribution in [-0.4, -0.2) is 40.4 Å². The Morgan fingerprint density at radius 3 is 2.37 bits per heavy atom. The maximum absolute atomic E-state index is 13.6. The van der Waals surface area contributed by atoms with Crippen molar-refractivity contribution in [3.63, 3.8) is 0 Å². The van der Waals surface area contributed by atoms with Gasteiger partial charge in [0, 0.05) is 5.56 Å². The van der Waals surface area contributed by atoms with E-state index in [1.165, 1.54) is 31.4 Å². The molecule has 0 bridgehead atoms. The molecule has 0 heterocycles. The predicted octanol–water partition coefficient (Wildman–Crippen LogP) is 1.85. The van der Waals surface area contributed by atoms with Gasteiger partial charge in [0.1, 0.15) is 6.54 Å². The van der Waals surface area contributed by atoms with Gasteiger partial charge in [0.2, 0.25) is 10.0 Å². The fourth-order valence-corrected chi connectivity index (χ4v) is 3.04. The van der Waals surface area contributed by atoms with Gasteiger partial charge in [-0.3, -0.25) is 9.59 Å². The molecule has 0 amide bonds. The molecule has 2 aromatic rings. The minimum Gasteiger partial charge on any atom is -0.494 e. The highest BCUT2D eigenvalue weighted by atomic mass is 32.2. The topological polar surface area (TPSA) is 98.8 Å². The van der Waals surface area contributed by atoms with Gasteiger partial charge in [-0.1, -0.05) is 17.7 Å². The normalized spacial score (nSPS) is 11.1. The van der Waals surface area contributed by atoms with Crippen molar-refractivity contribution in [1.82, 2.24) is 4.72 Å². The zero-order valence-electron chi connectivity index (χ0n) is 14.7. The van der Waals surface area contributed by atoms with Crippen molar-refractivity contribution in [1.29, 1.82) is 0 Å². The van der Waals surface area contributed by atoms with E-state index in [4.69, 9.17) is 9.47 Å². The summed E-state index contributed by atoms with van der Waals surface area (Å²) < 4.78 is 49.3. The summed E-state index contributed by atoms with van der Waals surface area (Å²) in [6.45, 7) is 0.532. The van der Waals surface area contributed by atoms with Crippen LogP contribution in [0.15, 0.2) is 47.4 Å². The van der Waals surface area contributed by atoms with Gasteiger partial charge in [0.25, 0.3) is 0 Å². The van der Waals surface area contributed by atoms with E-state index in [1.807, 2.05) is 6.92 Å². The zero-order valence-corrected chi connectivity index (χ0v) is 15.5. The highest BCUT2D eigenvalue weighted by molar-refractivity contribution is 7.89. The largest absolute Gasteiger partial charge is 0.494 e. The number of esters is 1. The lowest BCUT2D eigenvalue weighted by molar-refractivity contribution is -0.141. The summed E-state index contributed by atoms with van der Waals surface area (Å²) in [6.07, 6.45) is 0. The van der Waals surface area contributed by atoms with Crippen molar-refractivity contribution in [2.45, 2.75) is 11.8 Å². The zero-order chi connectivity index (χ0) is 20.0. The van der Waals surface area contributed by atoms with Crippen LogP contribution < -0.4 is 9.46 Å². The number of ketones is 1. The standard InChI is InChI=1S/C18H18FNO6S/c1-12-3-6-14(7-4-12)27(23,24)20-10-18(22)26-11-16(21)13-5-8-17(25-2)15(19)9-13/h3-9,20H,10-11H2,1-2H3. The third-order valence-electron chi connectivity index (χ3n) is 3.58. The van der Waals surface area contributed by atoms with E-state index in [-0.39, 0.29) is 16.2 Å². The number of halogens is 1. The molecule has 0 spiro atoms. The number of rotatable bonds is 8. The third kappa shape index (κ3) is 5.60. The Balaban J connectivity index is 1.88. The number of nitrogens with one attached hydrogen (secondary N) is 1. The number of sulfonamides is 1. The number of hydrogen-bond donors (Lipinski definition) is 1. The molecule has 0 unspecified atom stereocenters. The van der Waals surface area contributed by atoms with Crippen LogP contribution in [0.4, 0.5) is 4.39 Å². The summed E-state index contributed by atoms with van der Waals surface area (Å²) >= 11 is 0. The number of hydrogen-bond acceptors (Lipinski definition) is 6. The first-order valence-electron chi connectivity index (χ1n) is 7.81. The van der Waals surface area contributed by atoms with E-state index in [0.717, 1.165) is 11.6 Å². The lowest BCUT2D eigenvalue weighted by Gasteiger charge is -2.08.